The van der Waals surface area contributed by atoms with Crippen molar-refractivity contribution in [1.82, 2.24) is 10.3 Å². The summed E-state index contributed by atoms with van der Waals surface area (Å²) in [6, 6.07) is 18.2. The maximum atomic E-state index is 10.4. The van der Waals surface area contributed by atoms with E-state index < -0.39 is 6.10 Å². The Bertz CT molecular complexity index is 878. The molecule has 1 aliphatic carbocycles. The molecular formula is C20H20N2O2. The van der Waals surface area contributed by atoms with Crippen LogP contribution in [0.1, 0.15) is 22.7 Å². The van der Waals surface area contributed by atoms with Gasteiger partial charge >= 0.3 is 0 Å². The molecule has 0 aliphatic heterocycles. The summed E-state index contributed by atoms with van der Waals surface area (Å²) in [6.45, 7) is 0.594. The highest BCUT2D eigenvalue weighted by atomic mass is 16.5. The van der Waals surface area contributed by atoms with E-state index in [1.807, 2.05) is 36.4 Å². The molecule has 1 heterocycles. The van der Waals surface area contributed by atoms with Crippen LogP contribution in [0.3, 0.4) is 0 Å². The van der Waals surface area contributed by atoms with Crippen molar-refractivity contribution in [3.05, 3.63) is 71.3 Å². The van der Waals surface area contributed by atoms with Gasteiger partial charge < -0.3 is 15.2 Å². The second-order valence-corrected chi connectivity index (χ2v) is 6.18. The smallest absolute Gasteiger partial charge is 0.218 e. The van der Waals surface area contributed by atoms with Crippen LogP contribution >= 0.6 is 0 Å². The van der Waals surface area contributed by atoms with Crippen LogP contribution in [0.4, 0.5) is 0 Å². The molecule has 1 aromatic heterocycles. The van der Waals surface area contributed by atoms with Crippen LogP contribution in [-0.2, 0) is 13.0 Å². The van der Waals surface area contributed by atoms with E-state index in [2.05, 4.69) is 28.5 Å². The number of benzene rings is 2. The number of hydrogen-bond donors (Lipinski definition) is 2. The number of pyridine rings is 1. The first-order valence-corrected chi connectivity index (χ1v) is 8.18. The van der Waals surface area contributed by atoms with Gasteiger partial charge in [0.15, 0.2) is 0 Å². The molecule has 3 aromatic rings. The first-order valence-electron chi connectivity index (χ1n) is 8.18. The van der Waals surface area contributed by atoms with E-state index in [1.165, 1.54) is 11.1 Å². The summed E-state index contributed by atoms with van der Waals surface area (Å²) >= 11 is 0. The zero-order chi connectivity index (χ0) is 16.5. The lowest BCUT2D eigenvalue weighted by atomic mass is 10.1. The molecule has 0 spiro atoms. The van der Waals surface area contributed by atoms with Gasteiger partial charge in [0.1, 0.15) is 0 Å². The molecule has 1 aliphatic rings. The second kappa shape index (κ2) is 6.23. The van der Waals surface area contributed by atoms with Gasteiger partial charge in [0.2, 0.25) is 5.88 Å². The fourth-order valence-electron chi connectivity index (χ4n) is 3.49. The number of aromatic nitrogens is 1. The number of methoxy groups -OCH3 is 1. The summed E-state index contributed by atoms with van der Waals surface area (Å²) in [4.78, 5) is 4.58. The lowest BCUT2D eigenvalue weighted by molar-refractivity contribution is 0.140. The van der Waals surface area contributed by atoms with E-state index in [4.69, 9.17) is 4.74 Å². The zero-order valence-corrected chi connectivity index (χ0v) is 13.6. The Morgan fingerprint density at radius 3 is 2.83 bits per heavy atom. The predicted octanol–water partition coefficient (Wildman–Crippen LogP) is 2.99. The SMILES string of the molecule is COc1nc2ccccc2cc1CN[C@@H]1c2ccccc2C[C@@H]1O. The molecule has 0 bridgehead atoms. The molecule has 4 nitrogen and oxygen atoms in total. The van der Waals surface area contributed by atoms with Crippen molar-refractivity contribution in [3.8, 4) is 5.88 Å². The minimum Gasteiger partial charge on any atom is -0.481 e. The minimum atomic E-state index is -0.401. The van der Waals surface area contributed by atoms with E-state index in [0.29, 0.717) is 18.8 Å². The maximum absolute atomic E-state index is 10.4. The zero-order valence-electron chi connectivity index (χ0n) is 13.6. The topological polar surface area (TPSA) is 54.4 Å². The number of rotatable bonds is 4. The van der Waals surface area contributed by atoms with Crippen molar-refractivity contribution < 1.29 is 9.84 Å². The van der Waals surface area contributed by atoms with Gasteiger partial charge in [-0.2, -0.15) is 0 Å². The summed E-state index contributed by atoms with van der Waals surface area (Å²) in [5.41, 5.74) is 4.31. The van der Waals surface area contributed by atoms with Crippen LogP contribution in [0.2, 0.25) is 0 Å². The van der Waals surface area contributed by atoms with Gasteiger partial charge in [-0.15, -0.1) is 0 Å². The Balaban J connectivity index is 1.61. The Labute approximate surface area is 141 Å². The molecule has 0 unspecified atom stereocenters. The highest BCUT2D eigenvalue weighted by molar-refractivity contribution is 5.80. The average Bonchev–Trinajstić information content (AvgIpc) is 2.94. The number of aliphatic hydroxyl groups excluding tert-OH is 1. The molecule has 24 heavy (non-hydrogen) atoms. The van der Waals surface area contributed by atoms with Crippen molar-refractivity contribution in [1.29, 1.82) is 0 Å². The normalized spacial score (nSPS) is 19.4. The third kappa shape index (κ3) is 2.64. The quantitative estimate of drug-likeness (QED) is 0.776. The Morgan fingerprint density at radius 1 is 1.17 bits per heavy atom. The standard InChI is InChI=1S/C20H20N2O2/c1-24-20-15(10-14-7-3-5-9-17(14)22-20)12-21-19-16-8-4-2-6-13(16)11-18(19)23/h2-10,18-19,21,23H,11-12H2,1H3/t18-,19+/m0/s1. The number of nitrogens with one attached hydrogen (secondary N) is 1. The fraction of sp³-hybridized carbons (Fsp3) is 0.250. The molecule has 0 amide bonds. The van der Waals surface area contributed by atoms with Gasteiger partial charge in [0, 0.05) is 23.9 Å². The monoisotopic (exact) mass is 320 g/mol. The molecule has 4 rings (SSSR count). The fourth-order valence-corrected chi connectivity index (χ4v) is 3.49. The lowest BCUT2D eigenvalue weighted by Crippen LogP contribution is -2.28. The number of fused-ring (bicyclic) bond motifs is 2. The summed E-state index contributed by atoms with van der Waals surface area (Å²) < 4.78 is 5.45. The van der Waals surface area contributed by atoms with Crippen molar-refractivity contribution in [2.24, 2.45) is 0 Å². The predicted molar refractivity (Wildman–Crippen MR) is 94.0 cm³/mol. The molecule has 0 fully saturated rings. The van der Waals surface area contributed by atoms with Crippen LogP contribution in [-0.4, -0.2) is 23.3 Å². The first-order chi connectivity index (χ1) is 11.8. The van der Waals surface area contributed by atoms with Crippen LogP contribution in [0, 0.1) is 0 Å². The maximum Gasteiger partial charge on any atom is 0.218 e. The van der Waals surface area contributed by atoms with E-state index in [1.54, 1.807) is 7.11 Å². The molecule has 0 radical (unpaired) electrons. The van der Waals surface area contributed by atoms with Crippen LogP contribution in [0.15, 0.2) is 54.6 Å². The summed E-state index contributed by atoms with van der Waals surface area (Å²) in [7, 11) is 1.64. The van der Waals surface area contributed by atoms with Crippen LogP contribution in [0.25, 0.3) is 10.9 Å². The van der Waals surface area contributed by atoms with Crippen molar-refractivity contribution in [3.63, 3.8) is 0 Å². The molecule has 2 atom stereocenters. The molecule has 2 aromatic carbocycles. The van der Waals surface area contributed by atoms with Crippen LogP contribution in [0.5, 0.6) is 5.88 Å². The Hall–Kier alpha value is -2.43. The second-order valence-electron chi connectivity index (χ2n) is 6.18. The highest BCUT2D eigenvalue weighted by Gasteiger charge is 2.30. The van der Waals surface area contributed by atoms with Crippen molar-refractivity contribution in [2.45, 2.75) is 25.1 Å². The molecule has 0 saturated carbocycles. The van der Waals surface area contributed by atoms with Gasteiger partial charge in [0.05, 0.1) is 24.8 Å². The number of para-hydroxylation sites is 1. The number of nitrogens with zero attached hydrogens (tertiary/aromatic N) is 1. The molecule has 0 saturated heterocycles. The van der Waals surface area contributed by atoms with Gasteiger partial charge in [0.25, 0.3) is 0 Å². The van der Waals surface area contributed by atoms with E-state index in [-0.39, 0.29) is 6.04 Å². The van der Waals surface area contributed by atoms with Gasteiger partial charge in [-0.1, -0.05) is 42.5 Å². The minimum absolute atomic E-state index is 0.0580. The summed E-state index contributed by atoms with van der Waals surface area (Å²) in [6.07, 6.45) is 0.294. The Kier molecular flexibility index (Phi) is 3.92. The highest BCUT2D eigenvalue weighted by Crippen LogP contribution is 2.32. The third-order valence-electron chi connectivity index (χ3n) is 4.67. The number of hydrogen-bond acceptors (Lipinski definition) is 4. The largest absolute Gasteiger partial charge is 0.481 e. The molecule has 122 valence electrons. The van der Waals surface area contributed by atoms with Gasteiger partial charge in [-0.05, 0) is 23.3 Å². The van der Waals surface area contributed by atoms with E-state index in [0.717, 1.165) is 16.5 Å². The summed E-state index contributed by atoms with van der Waals surface area (Å²) in [5.74, 6) is 0.627. The molecular weight excluding hydrogens is 300 g/mol. The molecule has 2 N–H and O–H groups in total. The average molecular weight is 320 g/mol. The van der Waals surface area contributed by atoms with E-state index in [9.17, 15) is 5.11 Å². The summed E-state index contributed by atoms with van der Waals surface area (Å²) in [5, 5.41) is 14.9. The molecule has 4 heteroatoms. The number of ether oxygens (including phenoxy) is 1. The van der Waals surface area contributed by atoms with Crippen molar-refractivity contribution >= 4 is 10.9 Å². The van der Waals surface area contributed by atoms with E-state index >= 15 is 0 Å². The van der Waals surface area contributed by atoms with Gasteiger partial charge in [-0.25, -0.2) is 4.98 Å². The first kappa shape index (κ1) is 15.1. The van der Waals surface area contributed by atoms with Gasteiger partial charge in [-0.3, -0.25) is 0 Å². The van der Waals surface area contributed by atoms with Crippen LogP contribution < -0.4 is 10.1 Å². The lowest BCUT2D eigenvalue weighted by Gasteiger charge is -2.19. The Morgan fingerprint density at radius 2 is 1.96 bits per heavy atom. The third-order valence-corrected chi connectivity index (χ3v) is 4.67. The number of aliphatic hydroxyl groups is 1. The van der Waals surface area contributed by atoms with Crippen molar-refractivity contribution in [2.75, 3.05) is 7.11 Å².